The number of carbonyl (C=O) groups excluding carboxylic acids is 3. The largest absolute Gasteiger partial charge is 0.467 e. The molecular weight excluding hydrogens is 481 g/mol. The molecule has 1 fully saturated rings. The molecule has 1 saturated heterocycles. The van der Waals surface area contributed by atoms with Crippen LogP contribution < -0.4 is 0 Å². The number of likely N-dealkylation sites (tertiary alicyclic amines) is 1. The number of rotatable bonds is 5. The van der Waals surface area contributed by atoms with Crippen LogP contribution in [0.25, 0.3) is 11.1 Å². The summed E-state index contributed by atoms with van der Waals surface area (Å²) >= 11 is 3.37. The molecule has 3 rings (SSSR count). The quantitative estimate of drug-likeness (QED) is 0.486. The van der Waals surface area contributed by atoms with Gasteiger partial charge in [-0.1, -0.05) is 52.3 Å². The Balaban J connectivity index is 1.97. The number of nitrogens with zero attached hydrogens (tertiary/aromatic N) is 1. The van der Waals surface area contributed by atoms with Crippen molar-refractivity contribution in [3.05, 3.63) is 58.6 Å². The van der Waals surface area contributed by atoms with E-state index in [1.165, 1.54) is 12.1 Å². The maximum absolute atomic E-state index is 16.3. The van der Waals surface area contributed by atoms with Crippen LogP contribution in [0.1, 0.15) is 38.9 Å². The second kappa shape index (κ2) is 8.75. The maximum atomic E-state index is 16.3. The van der Waals surface area contributed by atoms with Crippen molar-refractivity contribution >= 4 is 33.7 Å². The maximum Gasteiger partial charge on any atom is 0.347 e. The zero-order valence-electron chi connectivity index (χ0n) is 18.3. The predicted molar refractivity (Wildman–Crippen MR) is 120 cm³/mol. The van der Waals surface area contributed by atoms with Gasteiger partial charge in [-0.25, -0.2) is 9.18 Å². The summed E-state index contributed by atoms with van der Waals surface area (Å²) in [7, 11) is 0.975. The van der Waals surface area contributed by atoms with E-state index in [9.17, 15) is 19.5 Å². The molecule has 2 aromatic carbocycles. The zero-order chi connectivity index (χ0) is 23.8. The zero-order valence-corrected chi connectivity index (χ0v) is 19.8. The fourth-order valence-corrected chi connectivity index (χ4v) is 4.27. The van der Waals surface area contributed by atoms with Crippen molar-refractivity contribution in [1.82, 2.24) is 4.90 Å². The van der Waals surface area contributed by atoms with E-state index in [0.29, 0.717) is 0 Å². The molecule has 2 aromatic rings. The summed E-state index contributed by atoms with van der Waals surface area (Å²) in [5.74, 6) is -4.54. The number of imide groups is 1. The molecule has 1 aliphatic heterocycles. The van der Waals surface area contributed by atoms with Crippen LogP contribution in [0, 0.1) is 5.92 Å². The summed E-state index contributed by atoms with van der Waals surface area (Å²) in [6, 6.07) is 13.9. The van der Waals surface area contributed by atoms with Gasteiger partial charge in [0.2, 0.25) is 17.5 Å². The van der Waals surface area contributed by atoms with Gasteiger partial charge in [0.1, 0.15) is 6.10 Å². The SMILES string of the molecule is COC(=O)[C@](F)(C1CC(=O)N(C(C)(C)C)C1=O)[C@H](O)c1ccc(-c2ccc(Br)cc2)cc1. The minimum absolute atomic E-state index is 0.0909. The minimum Gasteiger partial charge on any atom is -0.467 e. The fraction of sp³-hybridized carbons (Fsp3) is 0.375. The molecular formula is C24H25BrFNO5. The first-order valence-corrected chi connectivity index (χ1v) is 10.9. The van der Waals surface area contributed by atoms with Crippen LogP contribution in [0.2, 0.25) is 0 Å². The molecule has 0 aromatic heterocycles. The Bertz CT molecular complexity index is 1030. The number of aliphatic hydroxyl groups is 1. The van der Waals surface area contributed by atoms with Gasteiger partial charge in [0.15, 0.2) is 0 Å². The molecule has 2 amide bonds. The third-order valence-electron chi connectivity index (χ3n) is 5.62. The predicted octanol–water partition coefficient (Wildman–Crippen LogP) is 4.20. The highest BCUT2D eigenvalue weighted by Crippen LogP contribution is 2.44. The van der Waals surface area contributed by atoms with Gasteiger partial charge in [-0.15, -0.1) is 0 Å². The summed E-state index contributed by atoms with van der Waals surface area (Å²) in [5, 5.41) is 10.9. The summed E-state index contributed by atoms with van der Waals surface area (Å²) in [6.45, 7) is 4.92. The van der Waals surface area contributed by atoms with Gasteiger partial charge >= 0.3 is 5.97 Å². The number of esters is 1. The Labute approximate surface area is 194 Å². The Morgan fingerprint density at radius 1 is 1.09 bits per heavy atom. The highest BCUT2D eigenvalue weighted by Gasteiger charge is 2.62. The molecule has 1 unspecified atom stereocenters. The van der Waals surface area contributed by atoms with Gasteiger partial charge in [-0.3, -0.25) is 14.5 Å². The van der Waals surface area contributed by atoms with Gasteiger partial charge in [0, 0.05) is 16.4 Å². The number of alkyl halides is 1. The first-order chi connectivity index (χ1) is 14.9. The molecule has 1 aliphatic rings. The smallest absolute Gasteiger partial charge is 0.347 e. The van der Waals surface area contributed by atoms with Crippen LogP contribution >= 0.6 is 15.9 Å². The lowest BCUT2D eigenvalue weighted by Crippen LogP contribution is -2.53. The van der Waals surface area contributed by atoms with E-state index < -0.39 is 47.4 Å². The van der Waals surface area contributed by atoms with Crippen molar-refractivity contribution in [3.63, 3.8) is 0 Å². The number of carbonyl (C=O) groups is 3. The van der Waals surface area contributed by atoms with Crippen molar-refractivity contribution in [2.45, 2.75) is 44.5 Å². The average Bonchev–Trinajstić information content (AvgIpc) is 3.07. The van der Waals surface area contributed by atoms with Crippen LogP contribution in [-0.4, -0.2) is 46.1 Å². The van der Waals surface area contributed by atoms with Gasteiger partial charge < -0.3 is 9.84 Å². The fourth-order valence-electron chi connectivity index (χ4n) is 4.01. The molecule has 32 heavy (non-hydrogen) atoms. The molecule has 3 atom stereocenters. The molecule has 1 N–H and O–H groups in total. The average molecular weight is 506 g/mol. The lowest BCUT2D eigenvalue weighted by Gasteiger charge is -2.34. The first kappa shape index (κ1) is 24.1. The number of amides is 2. The van der Waals surface area contributed by atoms with E-state index in [-0.39, 0.29) is 5.56 Å². The number of hydrogen-bond acceptors (Lipinski definition) is 5. The molecule has 0 bridgehead atoms. The summed E-state index contributed by atoms with van der Waals surface area (Å²) in [6.07, 6.45) is -2.54. The number of aliphatic hydroxyl groups excluding tert-OH is 1. The van der Waals surface area contributed by atoms with E-state index in [2.05, 4.69) is 20.7 Å². The van der Waals surface area contributed by atoms with E-state index >= 15 is 4.39 Å². The van der Waals surface area contributed by atoms with Crippen LogP contribution in [0.4, 0.5) is 4.39 Å². The lowest BCUT2D eigenvalue weighted by atomic mass is 9.80. The molecule has 8 heteroatoms. The van der Waals surface area contributed by atoms with E-state index in [0.717, 1.165) is 27.6 Å². The van der Waals surface area contributed by atoms with Crippen LogP contribution in [0.15, 0.2) is 53.0 Å². The minimum atomic E-state index is -3.12. The normalized spacial score (nSPS) is 19.6. The van der Waals surface area contributed by atoms with Crippen molar-refractivity contribution in [2.24, 2.45) is 5.92 Å². The lowest BCUT2D eigenvalue weighted by molar-refractivity contribution is -0.174. The standard InChI is InChI=1S/C24H25BrFNO5/c1-23(2,3)27-19(28)13-18(21(27)30)24(26,22(31)32-4)20(29)16-7-5-14(6-8-16)15-9-11-17(25)12-10-15/h5-12,18,20,29H,13H2,1-4H3/t18?,20-,24+/m1/s1. The van der Waals surface area contributed by atoms with E-state index in [1.54, 1.807) is 32.9 Å². The van der Waals surface area contributed by atoms with E-state index in [1.807, 2.05) is 24.3 Å². The molecule has 0 spiro atoms. The molecule has 0 radical (unpaired) electrons. The van der Waals surface area contributed by atoms with Gasteiger partial charge in [-0.05, 0) is 49.6 Å². The Hall–Kier alpha value is -2.58. The molecule has 0 saturated carbocycles. The second-order valence-corrected chi connectivity index (χ2v) is 9.70. The molecule has 6 nitrogen and oxygen atoms in total. The van der Waals surface area contributed by atoms with Crippen molar-refractivity contribution in [3.8, 4) is 11.1 Å². The number of halogens is 2. The Kier molecular flexibility index (Phi) is 6.58. The summed E-state index contributed by atoms with van der Waals surface area (Å²) in [4.78, 5) is 38.9. The van der Waals surface area contributed by atoms with Crippen LogP contribution in [-0.2, 0) is 19.1 Å². The van der Waals surface area contributed by atoms with Crippen molar-refractivity contribution in [2.75, 3.05) is 7.11 Å². The topological polar surface area (TPSA) is 83.9 Å². The van der Waals surface area contributed by atoms with E-state index in [4.69, 9.17) is 0 Å². The number of benzene rings is 2. The second-order valence-electron chi connectivity index (χ2n) is 8.79. The van der Waals surface area contributed by atoms with Gasteiger partial charge in [0.05, 0.1) is 13.0 Å². The number of methoxy groups -OCH3 is 1. The Morgan fingerprint density at radius 2 is 1.59 bits per heavy atom. The highest BCUT2D eigenvalue weighted by molar-refractivity contribution is 9.10. The van der Waals surface area contributed by atoms with Crippen LogP contribution in [0.5, 0.6) is 0 Å². The van der Waals surface area contributed by atoms with Crippen LogP contribution in [0.3, 0.4) is 0 Å². The molecule has 0 aliphatic carbocycles. The van der Waals surface area contributed by atoms with Gasteiger partial charge in [0.25, 0.3) is 0 Å². The number of hydrogen-bond donors (Lipinski definition) is 1. The van der Waals surface area contributed by atoms with Crippen molar-refractivity contribution < 1.29 is 28.6 Å². The first-order valence-electron chi connectivity index (χ1n) is 10.1. The highest BCUT2D eigenvalue weighted by atomic mass is 79.9. The third-order valence-corrected chi connectivity index (χ3v) is 6.15. The monoisotopic (exact) mass is 505 g/mol. The summed E-state index contributed by atoms with van der Waals surface area (Å²) in [5.41, 5.74) is -2.20. The van der Waals surface area contributed by atoms with Crippen molar-refractivity contribution in [1.29, 1.82) is 0 Å². The molecule has 1 heterocycles. The third kappa shape index (κ3) is 4.21. The Morgan fingerprint density at radius 3 is 2.03 bits per heavy atom. The van der Waals surface area contributed by atoms with Gasteiger partial charge in [-0.2, -0.15) is 0 Å². The number of ether oxygens (including phenoxy) is 1. The summed E-state index contributed by atoms with van der Waals surface area (Å²) < 4.78 is 21.8. The molecule has 170 valence electrons.